The van der Waals surface area contributed by atoms with Crippen LogP contribution in [0.4, 0.5) is 10.1 Å². The first-order valence-corrected chi connectivity index (χ1v) is 7.66. The summed E-state index contributed by atoms with van der Waals surface area (Å²) in [6.07, 6.45) is 4.87. The van der Waals surface area contributed by atoms with Crippen LogP contribution in [0.25, 0.3) is 0 Å². The topological polar surface area (TPSA) is 59.1 Å². The first-order chi connectivity index (χ1) is 11.1. The highest BCUT2D eigenvalue weighted by molar-refractivity contribution is 6.03. The van der Waals surface area contributed by atoms with Gasteiger partial charge in [0.1, 0.15) is 11.5 Å². The van der Waals surface area contributed by atoms with E-state index in [1.807, 2.05) is 0 Å². The van der Waals surface area contributed by atoms with Gasteiger partial charge in [-0.15, -0.1) is 0 Å². The van der Waals surface area contributed by atoms with Gasteiger partial charge < -0.3 is 5.32 Å². The Hall–Kier alpha value is -2.56. The van der Waals surface area contributed by atoms with E-state index < -0.39 is 5.91 Å². The van der Waals surface area contributed by atoms with Crippen LogP contribution in [-0.2, 0) is 0 Å². The third-order valence-corrected chi connectivity index (χ3v) is 3.43. The first kappa shape index (κ1) is 16.8. The molecule has 1 aromatic heterocycles. The van der Waals surface area contributed by atoms with Crippen molar-refractivity contribution in [2.75, 3.05) is 5.32 Å². The van der Waals surface area contributed by atoms with Crippen molar-refractivity contribution in [3.63, 3.8) is 0 Å². The van der Waals surface area contributed by atoms with Crippen LogP contribution in [0, 0.1) is 5.82 Å². The minimum atomic E-state index is -0.401. The fraction of sp³-hybridized carbons (Fsp3) is 0.278. The molecule has 2 rings (SSSR count). The van der Waals surface area contributed by atoms with Crippen LogP contribution in [-0.4, -0.2) is 16.7 Å². The fourth-order valence-corrected chi connectivity index (χ4v) is 2.10. The minimum Gasteiger partial charge on any atom is -0.321 e. The molecule has 0 bridgehead atoms. The number of unbranched alkanes of at least 4 members (excludes halogenated alkanes) is 2. The SMILES string of the molecule is CCCCCC(=O)c1ccc(C(=O)Nc2ccc(F)cc2)nc1. The summed E-state index contributed by atoms with van der Waals surface area (Å²) in [7, 11) is 0. The fourth-order valence-electron chi connectivity index (χ4n) is 2.10. The molecule has 1 aromatic carbocycles. The van der Waals surface area contributed by atoms with Crippen LogP contribution in [0.5, 0.6) is 0 Å². The van der Waals surface area contributed by atoms with Gasteiger partial charge in [0, 0.05) is 23.9 Å². The zero-order valence-electron chi connectivity index (χ0n) is 13.0. The summed E-state index contributed by atoms with van der Waals surface area (Å²) >= 11 is 0. The van der Waals surface area contributed by atoms with Gasteiger partial charge in [0.15, 0.2) is 5.78 Å². The molecule has 0 aliphatic heterocycles. The van der Waals surface area contributed by atoms with Crippen LogP contribution in [0.1, 0.15) is 53.5 Å². The standard InChI is InChI=1S/C18H19FN2O2/c1-2-3-4-5-17(22)13-6-11-16(20-12-13)18(23)21-15-9-7-14(19)8-10-15/h6-12H,2-5H2,1H3,(H,21,23). The Morgan fingerprint density at radius 3 is 2.43 bits per heavy atom. The predicted octanol–water partition coefficient (Wildman–Crippen LogP) is 4.24. The molecule has 0 atom stereocenters. The Bertz CT molecular complexity index is 666. The minimum absolute atomic E-state index is 0.0384. The van der Waals surface area contributed by atoms with Crippen molar-refractivity contribution in [3.8, 4) is 0 Å². The number of aromatic nitrogens is 1. The maximum absolute atomic E-state index is 12.8. The summed E-state index contributed by atoms with van der Waals surface area (Å²) in [6, 6.07) is 8.60. The quantitative estimate of drug-likeness (QED) is 0.614. The molecule has 0 fully saturated rings. The highest BCUT2D eigenvalue weighted by Crippen LogP contribution is 2.11. The molecule has 0 unspecified atom stereocenters. The Balaban J connectivity index is 1.97. The molecule has 2 aromatic rings. The molecular weight excluding hydrogens is 295 g/mol. The lowest BCUT2D eigenvalue weighted by atomic mass is 10.1. The number of carbonyl (C=O) groups is 2. The number of nitrogens with one attached hydrogen (secondary N) is 1. The zero-order chi connectivity index (χ0) is 16.7. The molecular formula is C18H19FN2O2. The summed E-state index contributed by atoms with van der Waals surface area (Å²) in [5, 5.41) is 2.62. The number of amides is 1. The molecule has 120 valence electrons. The lowest BCUT2D eigenvalue weighted by molar-refractivity contribution is 0.0975. The number of pyridine rings is 1. The van der Waals surface area contributed by atoms with Crippen molar-refractivity contribution < 1.29 is 14.0 Å². The molecule has 0 aliphatic carbocycles. The molecule has 23 heavy (non-hydrogen) atoms. The third-order valence-electron chi connectivity index (χ3n) is 3.43. The highest BCUT2D eigenvalue weighted by atomic mass is 19.1. The molecule has 1 amide bonds. The molecule has 0 saturated carbocycles. The van der Waals surface area contributed by atoms with Gasteiger partial charge in [-0.2, -0.15) is 0 Å². The van der Waals surface area contributed by atoms with E-state index in [0.717, 1.165) is 19.3 Å². The Morgan fingerprint density at radius 1 is 1.09 bits per heavy atom. The van der Waals surface area contributed by atoms with E-state index >= 15 is 0 Å². The average molecular weight is 314 g/mol. The van der Waals surface area contributed by atoms with Crippen molar-refractivity contribution in [3.05, 3.63) is 59.7 Å². The van der Waals surface area contributed by atoms with Gasteiger partial charge in [-0.25, -0.2) is 4.39 Å². The van der Waals surface area contributed by atoms with E-state index in [0.29, 0.717) is 17.7 Å². The number of hydrogen-bond donors (Lipinski definition) is 1. The number of nitrogens with zero attached hydrogens (tertiary/aromatic N) is 1. The summed E-state index contributed by atoms with van der Waals surface area (Å²) in [6.45, 7) is 2.08. The number of carbonyl (C=O) groups excluding carboxylic acids is 2. The second kappa shape index (κ2) is 8.17. The average Bonchev–Trinajstić information content (AvgIpc) is 2.57. The van der Waals surface area contributed by atoms with Crippen LogP contribution in [0.3, 0.4) is 0 Å². The van der Waals surface area contributed by atoms with E-state index in [1.54, 1.807) is 6.07 Å². The molecule has 5 heteroatoms. The summed E-state index contributed by atoms with van der Waals surface area (Å²) in [5.74, 6) is -0.731. The number of Topliss-reactive ketones (excluding diaryl/α,β-unsaturated/α-hetero) is 1. The Labute approximate surface area is 134 Å². The van der Waals surface area contributed by atoms with Gasteiger partial charge in [0.25, 0.3) is 5.91 Å². The number of ketones is 1. The third kappa shape index (κ3) is 4.98. The first-order valence-electron chi connectivity index (χ1n) is 7.66. The number of rotatable bonds is 7. The number of benzene rings is 1. The van der Waals surface area contributed by atoms with Crippen molar-refractivity contribution in [2.24, 2.45) is 0 Å². The zero-order valence-corrected chi connectivity index (χ0v) is 13.0. The second-order valence-corrected chi connectivity index (χ2v) is 5.27. The molecule has 1 heterocycles. The number of hydrogen-bond acceptors (Lipinski definition) is 3. The van der Waals surface area contributed by atoms with Crippen LogP contribution in [0.2, 0.25) is 0 Å². The van der Waals surface area contributed by atoms with Gasteiger partial charge in [0.2, 0.25) is 0 Å². The van der Waals surface area contributed by atoms with Crippen molar-refractivity contribution in [1.29, 1.82) is 0 Å². The van der Waals surface area contributed by atoms with Crippen molar-refractivity contribution in [2.45, 2.75) is 32.6 Å². The lowest BCUT2D eigenvalue weighted by Gasteiger charge is -2.05. The van der Waals surface area contributed by atoms with E-state index in [-0.39, 0.29) is 17.3 Å². The van der Waals surface area contributed by atoms with E-state index in [2.05, 4.69) is 17.2 Å². The monoisotopic (exact) mass is 314 g/mol. The largest absolute Gasteiger partial charge is 0.321 e. The van der Waals surface area contributed by atoms with Crippen LogP contribution < -0.4 is 5.32 Å². The highest BCUT2D eigenvalue weighted by Gasteiger charge is 2.10. The maximum Gasteiger partial charge on any atom is 0.274 e. The van der Waals surface area contributed by atoms with Crippen LogP contribution in [0.15, 0.2) is 42.6 Å². The van der Waals surface area contributed by atoms with Gasteiger partial charge in [-0.1, -0.05) is 19.8 Å². The van der Waals surface area contributed by atoms with E-state index in [9.17, 15) is 14.0 Å². The Morgan fingerprint density at radius 2 is 1.83 bits per heavy atom. The molecule has 4 nitrogen and oxygen atoms in total. The Kier molecular flexibility index (Phi) is 5.97. The summed E-state index contributed by atoms with van der Waals surface area (Å²) < 4.78 is 12.8. The van der Waals surface area contributed by atoms with Crippen LogP contribution >= 0.6 is 0 Å². The molecule has 0 saturated heterocycles. The van der Waals surface area contributed by atoms with Gasteiger partial charge >= 0.3 is 0 Å². The molecule has 1 N–H and O–H groups in total. The molecule has 0 spiro atoms. The predicted molar refractivity (Wildman–Crippen MR) is 87.1 cm³/mol. The maximum atomic E-state index is 12.8. The van der Waals surface area contributed by atoms with Crippen molar-refractivity contribution >= 4 is 17.4 Å². The van der Waals surface area contributed by atoms with Gasteiger partial charge in [-0.05, 0) is 42.8 Å². The summed E-state index contributed by atoms with van der Waals surface area (Å²) in [4.78, 5) is 28.0. The molecule has 0 aliphatic rings. The smallest absolute Gasteiger partial charge is 0.274 e. The van der Waals surface area contributed by atoms with Gasteiger partial charge in [0.05, 0.1) is 0 Å². The summed E-state index contributed by atoms with van der Waals surface area (Å²) in [5.41, 5.74) is 1.21. The van der Waals surface area contributed by atoms with Crippen molar-refractivity contribution in [1.82, 2.24) is 4.98 Å². The normalized spacial score (nSPS) is 10.3. The number of halogens is 1. The van der Waals surface area contributed by atoms with E-state index in [4.69, 9.17) is 0 Å². The van der Waals surface area contributed by atoms with E-state index in [1.165, 1.54) is 36.5 Å². The molecule has 0 radical (unpaired) electrons. The van der Waals surface area contributed by atoms with Gasteiger partial charge in [-0.3, -0.25) is 14.6 Å². The number of anilines is 1. The lowest BCUT2D eigenvalue weighted by Crippen LogP contribution is -2.14. The second-order valence-electron chi connectivity index (χ2n) is 5.27.